The second kappa shape index (κ2) is 8.55. The number of ether oxygens (including phenoxy) is 1. The standard InChI is InChI=1S/C21H31NO2/c1-16(21(23)22-19-11-5-3-2-4-6-12-19)24-20-14-13-17-9-7-8-10-18(17)15-20/h13-16,19H,2-12H2,1H3,(H,22,23)/t16-/m0/s1. The van der Waals surface area contributed by atoms with Crippen LogP contribution in [0.1, 0.15) is 75.8 Å². The van der Waals surface area contributed by atoms with Crippen LogP contribution in [0.2, 0.25) is 0 Å². The Hall–Kier alpha value is -1.51. The largest absolute Gasteiger partial charge is 0.481 e. The summed E-state index contributed by atoms with van der Waals surface area (Å²) in [7, 11) is 0. The highest BCUT2D eigenvalue weighted by Crippen LogP contribution is 2.26. The minimum atomic E-state index is -0.433. The Balaban J connectivity index is 1.53. The molecule has 0 unspecified atom stereocenters. The van der Waals surface area contributed by atoms with E-state index in [0.717, 1.165) is 25.0 Å². The van der Waals surface area contributed by atoms with Crippen LogP contribution in [0.25, 0.3) is 0 Å². The third-order valence-electron chi connectivity index (χ3n) is 5.45. The van der Waals surface area contributed by atoms with Gasteiger partial charge in [-0.3, -0.25) is 4.79 Å². The summed E-state index contributed by atoms with van der Waals surface area (Å²) in [6, 6.07) is 6.65. The quantitative estimate of drug-likeness (QED) is 0.879. The van der Waals surface area contributed by atoms with Crippen LogP contribution in [-0.2, 0) is 17.6 Å². The van der Waals surface area contributed by atoms with Gasteiger partial charge in [0.25, 0.3) is 5.91 Å². The van der Waals surface area contributed by atoms with Gasteiger partial charge in [0.2, 0.25) is 0 Å². The van der Waals surface area contributed by atoms with Gasteiger partial charge >= 0.3 is 0 Å². The van der Waals surface area contributed by atoms with Crippen LogP contribution in [0, 0.1) is 0 Å². The van der Waals surface area contributed by atoms with Crippen molar-refractivity contribution in [3.8, 4) is 5.75 Å². The van der Waals surface area contributed by atoms with Crippen molar-refractivity contribution >= 4 is 5.91 Å². The molecule has 0 radical (unpaired) electrons. The third-order valence-corrected chi connectivity index (χ3v) is 5.45. The van der Waals surface area contributed by atoms with E-state index < -0.39 is 6.10 Å². The molecule has 24 heavy (non-hydrogen) atoms. The fraction of sp³-hybridized carbons (Fsp3) is 0.667. The Morgan fingerprint density at radius 2 is 1.67 bits per heavy atom. The van der Waals surface area contributed by atoms with Crippen LogP contribution < -0.4 is 10.1 Å². The zero-order chi connectivity index (χ0) is 16.8. The lowest BCUT2D eigenvalue weighted by molar-refractivity contribution is -0.128. The first-order chi connectivity index (χ1) is 11.7. The van der Waals surface area contributed by atoms with Gasteiger partial charge in [0.15, 0.2) is 6.10 Å². The molecule has 132 valence electrons. The molecule has 1 aromatic rings. The molecule has 2 aliphatic rings. The third kappa shape index (κ3) is 4.75. The number of rotatable bonds is 4. The zero-order valence-corrected chi connectivity index (χ0v) is 15.0. The van der Waals surface area contributed by atoms with Gasteiger partial charge in [-0.05, 0) is 68.7 Å². The average Bonchev–Trinajstić information content (AvgIpc) is 2.57. The summed E-state index contributed by atoms with van der Waals surface area (Å²) in [5.74, 6) is 0.856. The lowest BCUT2D eigenvalue weighted by Gasteiger charge is -2.24. The van der Waals surface area contributed by atoms with Gasteiger partial charge in [-0.25, -0.2) is 0 Å². The first-order valence-electron chi connectivity index (χ1n) is 9.81. The molecule has 3 rings (SSSR count). The predicted molar refractivity (Wildman–Crippen MR) is 97.4 cm³/mol. The fourth-order valence-corrected chi connectivity index (χ4v) is 3.96. The number of benzene rings is 1. The van der Waals surface area contributed by atoms with E-state index in [4.69, 9.17) is 4.74 Å². The van der Waals surface area contributed by atoms with Crippen molar-refractivity contribution in [2.24, 2.45) is 0 Å². The van der Waals surface area contributed by atoms with Gasteiger partial charge < -0.3 is 10.1 Å². The highest BCUT2D eigenvalue weighted by atomic mass is 16.5. The summed E-state index contributed by atoms with van der Waals surface area (Å²) in [6.45, 7) is 1.86. The van der Waals surface area contributed by atoms with Gasteiger partial charge in [0.1, 0.15) is 5.75 Å². The van der Waals surface area contributed by atoms with Crippen LogP contribution in [-0.4, -0.2) is 18.1 Å². The van der Waals surface area contributed by atoms with Crippen molar-refractivity contribution in [1.29, 1.82) is 0 Å². The average molecular weight is 329 g/mol. The van der Waals surface area contributed by atoms with Gasteiger partial charge in [-0.15, -0.1) is 0 Å². The molecule has 1 N–H and O–H groups in total. The highest BCUT2D eigenvalue weighted by molar-refractivity contribution is 5.81. The minimum absolute atomic E-state index is 0.0262. The number of hydrogen-bond donors (Lipinski definition) is 1. The molecule has 1 aromatic carbocycles. The Kier molecular flexibility index (Phi) is 6.17. The van der Waals surface area contributed by atoms with E-state index in [9.17, 15) is 4.79 Å². The lowest BCUT2D eigenvalue weighted by atomic mass is 9.92. The van der Waals surface area contributed by atoms with Gasteiger partial charge in [-0.1, -0.05) is 38.2 Å². The van der Waals surface area contributed by atoms with Crippen LogP contribution in [0.3, 0.4) is 0 Å². The number of nitrogens with one attached hydrogen (secondary N) is 1. The molecule has 0 heterocycles. The summed E-state index contributed by atoms with van der Waals surface area (Å²) in [6.07, 6.45) is 13.0. The fourth-order valence-electron chi connectivity index (χ4n) is 3.96. The second-order valence-electron chi connectivity index (χ2n) is 7.45. The van der Waals surface area contributed by atoms with Crippen molar-refractivity contribution < 1.29 is 9.53 Å². The number of amides is 1. The molecule has 0 saturated heterocycles. The molecule has 3 nitrogen and oxygen atoms in total. The van der Waals surface area contributed by atoms with E-state index in [-0.39, 0.29) is 5.91 Å². The Morgan fingerprint density at radius 1 is 1.00 bits per heavy atom. The van der Waals surface area contributed by atoms with Gasteiger partial charge in [0, 0.05) is 6.04 Å². The molecule has 1 saturated carbocycles. The molecular formula is C21H31NO2. The van der Waals surface area contributed by atoms with Crippen molar-refractivity contribution in [1.82, 2.24) is 5.32 Å². The Morgan fingerprint density at radius 3 is 2.42 bits per heavy atom. The molecular weight excluding hydrogens is 298 g/mol. The number of carbonyl (C=O) groups excluding carboxylic acids is 1. The SMILES string of the molecule is C[C@H](Oc1ccc2c(c1)CCCC2)C(=O)NC1CCCCCCC1. The second-order valence-corrected chi connectivity index (χ2v) is 7.45. The highest BCUT2D eigenvalue weighted by Gasteiger charge is 2.20. The first-order valence-corrected chi connectivity index (χ1v) is 9.81. The first kappa shape index (κ1) is 17.3. The number of carbonyl (C=O) groups is 1. The molecule has 0 spiro atoms. The molecule has 1 atom stereocenters. The van der Waals surface area contributed by atoms with Crippen molar-refractivity contribution in [3.05, 3.63) is 29.3 Å². The molecule has 1 amide bonds. The summed E-state index contributed by atoms with van der Waals surface area (Å²) in [4.78, 5) is 12.5. The van der Waals surface area contributed by atoms with E-state index in [2.05, 4.69) is 17.4 Å². The lowest BCUT2D eigenvalue weighted by Crippen LogP contribution is -2.42. The van der Waals surface area contributed by atoms with Crippen LogP contribution in [0.15, 0.2) is 18.2 Å². The van der Waals surface area contributed by atoms with Crippen molar-refractivity contribution in [3.63, 3.8) is 0 Å². The van der Waals surface area contributed by atoms with Crippen molar-refractivity contribution in [2.45, 2.75) is 89.7 Å². The Labute approximate surface area is 146 Å². The molecule has 0 aliphatic heterocycles. The van der Waals surface area contributed by atoms with Gasteiger partial charge in [-0.2, -0.15) is 0 Å². The number of fused-ring (bicyclic) bond motifs is 1. The number of hydrogen-bond acceptors (Lipinski definition) is 2. The monoisotopic (exact) mass is 329 g/mol. The molecule has 0 aromatic heterocycles. The molecule has 0 bridgehead atoms. The van der Waals surface area contributed by atoms with E-state index >= 15 is 0 Å². The molecule has 1 fully saturated rings. The predicted octanol–water partition coefficient (Wildman–Crippen LogP) is 4.56. The summed E-state index contributed by atoms with van der Waals surface area (Å²) < 4.78 is 5.93. The van der Waals surface area contributed by atoms with E-state index in [1.54, 1.807) is 0 Å². The van der Waals surface area contributed by atoms with Crippen molar-refractivity contribution in [2.75, 3.05) is 0 Å². The maximum Gasteiger partial charge on any atom is 0.260 e. The van der Waals surface area contributed by atoms with Gasteiger partial charge in [0.05, 0.1) is 0 Å². The number of aryl methyl sites for hydroxylation is 2. The summed E-state index contributed by atoms with van der Waals surface area (Å²) in [5.41, 5.74) is 2.84. The minimum Gasteiger partial charge on any atom is -0.481 e. The molecule has 3 heteroatoms. The Bertz CT molecular complexity index is 547. The topological polar surface area (TPSA) is 38.3 Å². The maximum atomic E-state index is 12.5. The van der Waals surface area contributed by atoms with Crippen LogP contribution in [0.4, 0.5) is 0 Å². The summed E-state index contributed by atoms with van der Waals surface area (Å²) in [5, 5.41) is 3.21. The maximum absolute atomic E-state index is 12.5. The smallest absolute Gasteiger partial charge is 0.260 e. The van der Waals surface area contributed by atoms with E-state index in [1.807, 2.05) is 13.0 Å². The molecule has 2 aliphatic carbocycles. The zero-order valence-electron chi connectivity index (χ0n) is 15.0. The van der Waals surface area contributed by atoms with Crippen LogP contribution >= 0.6 is 0 Å². The van der Waals surface area contributed by atoms with Crippen LogP contribution in [0.5, 0.6) is 5.75 Å². The normalized spacial score (nSPS) is 20.4. The summed E-state index contributed by atoms with van der Waals surface area (Å²) >= 11 is 0. The van der Waals surface area contributed by atoms with E-state index in [1.165, 1.54) is 62.5 Å². The van der Waals surface area contributed by atoms with E-state index in [0.29, 0.717) is 6.04 Å².